The van der Waals surface area contributed by atoms with Gasteiger partial charge in [0.2, 0.25) is 0 Å². The number of carboxylic acid groups (broad SMARTS) is 1. The average molecular weight is 166 g/mol. The molecule has 1 N–H and O–H groups in total. The highest BCUT2D eigenvalue weighted by Gasteiger charge is 2.55. The van der Waals surface area contributed by atoms with Crippen LogP contribution < -0.4 is 0 Å². The third-order valence-corrected chi connectivity index (χ3v) is 2.00. The molecule has 1 saturated heterocycles. The minimum absolute atomic E-state index is 0.176. The predicted molar refractivity (Wildman–Crippen MR) is 38.5 cm³/mol. The van der Waals surface area contributed by atoms with Crippen LogP contribution in [-0.2, 0) is 14.3 Å². The summed E-state index contributed by atoms with van der Waals surface area (Å²) in [7, 11) is 0. The third kappa shape index (κ3) is 0.816. The summed E-state index contributed by atoms with van der Waals surface area (Å²) in [5, 5.41) is 8.57. The lowest BCUT2D eigenvalue weighted by atomic mass is 9.98. The number of aldehydes is 1. The fourth-order valence-corrected chi connectivity index (χ4v) is 1.20. The Balaban J connectivity index is 2.25. The molecule has 0 amide bonds. The Labute approximate surface area is 68.1 Å². The van der Waals surface area contributed by atoms with Crippen LogP contribution >= 0.6 is 0 Å². The normalized spacial score (nSPS) is 36.7. The number of ether oxygens (including phenoxy) is 1. The average Bonchev–Trinajstić information content (AvgIpc) is 2.77. The number of rotatable bonds is 2. The maximum absolute atomic E-state index is 10.4. The molecule has 0 aromatic heterocycles. The third-order valence-electron chi connectivity index (χ3n) is 2.00. The van der Waals surface area contributed by atoms with E-state index in [-0.39, 0.29) is 11.7 Å². The van der Waals surface area contributed by atoms with Crippen LogP contribution in [0, 0.1) is 0 Å². The zero-order valence-corrected chi connectivity index (χ0v) is 6.06. The first-order valence-electron chi connectivity index (χ1n) is 3.46. The van der Waals surface area contributed by atoms with Crippen molar-refractivity contribution in [1.29, 1.82) is 0 Å². The number of hydrogen-bond donors (Lipinski definition) is 1. The van der Waals surface area contributed by atoms with Gasteiger partial charge in [-0.1, -0.05) is 0 Å². The minimum atomic E-state index is -0.999. The van der Waals surface area contributed by atoms with Gasteiger partial charge in [-0.25, -0.2) is 4.79 Å². The molecular formula is C8H6O4. The lowest BCUT2D eigenvalue weighted by Crippen LogP contribution is -2.16. The van der Waals surface area contributed by atoms with Crippen molar-refractivity contribution < 1.29 is 19.4 Å². The topological polar surface area (TPSA) is 66.9 Å². The van der Waals surface area contributed by atoms with Gasteiger partial charge < -0.3 is 9.84 Å². The Hall–Kier alpha value is -1.42. The Bertz CT molecular complexity index is 315. The van der Waals surface area contributed by atoms with Crippen LogP contribution in [0.25, 0.3) is 0 Å². The van der Waals surface area contributed by atoms with Gasteiger partial charge in [-0.2, -0.15) is 0 Å². The van der Waals surface area contributed by atoms with Gasteiger partial charge in [0, 0.05) is 0 Å². The van der Waals surface area contributed by atoms with Crippen LogP contribution in [0.2, 0.25) is 0 Å². The molecule has 12 heavy (non-hydrogen) atoms. The number of epoxide rings is 1. The second-order valence-corrected chi connectivity index (χ2v) is 2.77. The smallest absolute Gasteiger partial charge is 0.335 e. The van der Waals surface area contributed by atoms with Crippen molar-refractivity contribution in [1.82, 2.24) is 0 Å². The van der Waals surface area contributed by atoms with Crippen molar-refractivity contribution in [2.24, 2.45) is 0 Å². The fourth-order valence-electron chi connectivity index (χ4n) is 1.20. The zero-order chi connectivity index (χ0) is 8.77. The molecule has 4 nitrogen and oxygen atoms in total. The molecule has 0 aromatic carbocycles. The molecule has 2 aliphatic rings. The maximum Gasteiger partial charge on any atom is 0.335 e. The molecule has 62 valence electrons. The van der Waals surface area contributed by atoms with Crippen LogP contribution in [0.5, 0.6) is 0 Å². The van der Waals surface area contributed by atoms with Crippen LogP contribution in [0.1, 0.15) is 0 Å². The van der Waals surface area contributed by atoms with E-state index in [1.54, 1.807) is 0 Å². The Morgan fingerprint density at radius 2 is 2.50 bits per heavy atom. The highest BCUT2D eigenvalue weighted by atomic mass is 16.6. The molecule has 1 aliphatic carbocycles. The highest BCUT2D eigenvalue weighted by molar-refractivity contribution is 5.92. The molecule has 0 spiro atoms. The molecule has 0 aromatic rings. The van der Waals surface area contributed by atoms with E-state index in [1.165, 1.54) is 18.2 Å². The van der Waals surface area contributed by atoms with Crippen molar-refractivity contribution in [3.8, 4) is 0 Å². The molecular weight excluding hydrogens is 160 g/mol. The second kappa shape index (κ2) is 2.04. The van der Waals surface area contributed by atoms with E-state index in [0.29, 0.717) is 6.29 Å². The largest absolute Gasteiger partial charge is 0.478 e. The van der Waals surface area contributed by atoms with Gasteiger partial charge in [0.15, 0.2) is 11.9 Å². The quantitative estimate of drug-likeness (QED) is 0.459. The molecule has 1 heterocycles. The summed E-state index contributed by atoms with van der Waals surface area (Å²) in [6.07, 6.45) is 4.63. The van der Waals surface area contributed by atoms with Gasteiger partial charge in [0.05, 0.1) is 5.57 Å². The molecule has 0 saturated carbocycles. The highest BCUT2D eigenvalue weighted by Crippen LogP contribution is 2.40. The van der Waals surface area contributed by atoms with Crippen LogP contribution in [0.15, 0.2) is 23.8 Å². The van der Waals surface area contributed by atoms with Gasteiger partial charge in [-0.15, -0.1) is 0 Å². The van der Waals surface area contributed by atoms with Crippen molar-refractivity contribution >= 4 is 12.3 Å². The Morgan fingerprint density at radius 3 is 3.00 bits per heavy atom. The van der Waals surface area contributed by atoms with Crippen LogP contribution in [0.3, 0.4) is 0 Å². The molecule has 1 fully saturated rings. The molecule has 2 rings (SSSR count). The van der Waals surface area contributed by atoms with Crippen molar-refractivity contribution in [3.05, 3.63) is 23.8 Å². The summed E-state index contributed by atoms with van der Waals surface area (Å²) in [6, 6.07) is 0. The summed E-state index contributed by atoms with van der Waals surface area (Å²) in [4.78, 5) is 20.9. The van der Waals surface area contributed by atoms with Crippen LogP contribution in [-0.4, -0.2) is 29.1 Å². The molecule has 1 aliphatic heterocycles. The fraction of sp³-hybridized carbons (Fsp3) is 0.250. The van der Waals surface area contributed by atoms with E-state index in [0.717, 1.165) is 0 Å². The number of fused-ring (bicyclic) bond motifs is 1. The number of hydrogen-bond acceptors (Lipinski definition) is 3. The first-order valence-corrected chi connectivity index (χ1v) is 3.46. The molecule has 4 heteroatoms. The number of carbonyl (C=O) groups is 2. The van der Waals surface area contributed by atoms with Crippen molar-refractivity contribution in [2.75, 3.05) is 0 Å². The van der Waals surface area contributed by atoms with E-state index >= 15 is 0 Å². The summed E-state index contributed by atoms with van der Waals surface area (Å²) in [5.41, 5.74) is -0.672. The van der Waals surface area contributed by atoms with E-state index in [2.05, 4.69) is 0 Å². The van der Waals surface area contributed by atoms with E-state index in [1.807, 2.05) is 0 Å². The first-order chi connectivity index (χ1) is 5.68. The zero-order valence-electron chi connectivity index (χ0n) is 6.06. The summed E-state index contributed by atoms with van der Waals surface area (Å²) in [6.45, 7) is 0. The SMILES string of the molecule is O=CC12C=CC(C(=O)O)=CC1O2. The van der Waals surface area contributed by atoms with Gasteiger partial charge in [0.1, 0.15) is 6.10 Å². The predicted octanol–water partition coefficient (Wildman–Crippen LogP) is -0.0963. The van der Waals surface area contributed by atoms with E-state index in [9.17, 15) is 9.59 Å². The number of carbonyl (C=O) groups excluding carboxylic acids is 1. The van der Waals surface area contributed by atoms with Crippen LogP contribution in [0.4, 0.5) is 0 Å². The second-order valence-electron chi connectivity index (χ2n) is 2.77. The van der Waals surface area contributed by atoms with E-state index in [4.69, 9.17) is 9.84 Å². The number of aliphatic carboxylic acids is 1. The number of carboxylic acids is 1. The van der Waals surface area contributed by atoms with Gasteiger partial charge in [0.25, 0.3) is 0 Å². The Morgan fingerprint density at radius 1 is 1.75 bits per heavy atom. The van der Waals surface area contributed by atoms with Crippen molar-refractivity contribution in [3.63, 3.8) is 0 Å². The van der Waals surface area contributed by atoms with Crippen molar-refractivity contribution in [2.45, 2.75) is 11.7 Å². The monoisotopic (exact) mass is 166 g/mol. The summed E-state index contributed by atoms with van der Waals surface area (Å²) >= 11 is 0. The summed E-state index contributed by atoms with van der Waals surface area (Å²) < 4.78 is 5.00. The van der Waals surface area contributed by atoms with Gasteiger partial charge >= 0.3 is 5.97 Å². The molecule has 2 unspecified atom stereocenters. The minimum Gasteiger partial charge on any atom is -0.478 e. The lowest BCUT2D eigenvalue weighted by Gasteiger charge is -2.01. The first kappa shape index (κ1) is 7.24. The molecule has 0 bridgehead atoms. The van der Waals surface area contributed by atoms with E-state index < -0.39 is 11.6 Å². The molecule has 2 atom stereocenters. The standard InChI is InChI=1S/C8H6O4/c9-4-8-2-1-5(7(10)11)3-6(8)12-8/h1-4,6H,(H,10,11). The lowest BCUT2D eigenvalue weighted by molar-refractivity contribution is -0.132. The summed E-state index contributed by atoms with van der Waals surface area (Å²) in [5.74, 6) is -0.999. The Kier molecular flexibility index (Phi) is 1.23. The van der Waals surface area contributed by atoms with Gasteiger partial charge in [-0.05, 0) is 18.2 Å². The molecule has 0 radical (unpaired) electrons. The van der Waals surface area contributed by atoms with Gasteiger partial charge in [-0.3, -0.25) is 4.79 Å². The maximum atomic E-state index is 10.4.